The number of halogens is 1. The highest BCUT2D eigenvalue weighted by atomic mass is 79.9. The highest BCUT2D eigenvalue weighted by Gasteiger charge is 2.11. The van der Waals surface area contributed by atoms with Crippen molar-refractivity contribution in [3.63, 3.8) is 0 Å². The molecule has 3 rings (SSSR count). The number of aromatic nitrogens is 3. The van der Waals surface area contributed by atoms with Crippen LogP contribution in [0, 0.1) is 0 Å². The number of fused-ring (bicyclic) bond motifs is 1. The summed E-state index contributed by atoms with van der Waals surface area (Å²) in [6, 6.07) is 14.7. The zero-order chi connectivity index (χ0) is 14.8. The zero-order valence-electron chi connectivity index (χ0n) is 12.0. The molecule has 1 aromatic heterocycles. The third-order valence-corrected chi connectivity index (χ3v) is 3.82. The van der Waals surface area contributed by atoms with E-state index in [1.54, 1.807) is 0 Å². The number of para-hydroxylation sites is 1. The normalized spacial score (nSPS) is 11.4. The SMILES string of the molecule is CC(C)NCc1cc(Br)ccc1-n1nnc2ccccc21. The third kappa shape index (κ3) is 2.99. The molecule has 0 bridgehead atoms. The van der Waals surface area contributed by atoms with Crippen molar-refractivity contribution in [2.24, 2.45) is 0 Å². The van der Waals surface area contributed by atoms with Crippen LogP contribution < -0.4 is 5.32 Å². The van der Waals surface area contributed by atoms with Gasteiger partial charge in [-0.2, -0.15) is 0 Å². The van der Waals surface area contributed by atoms with Crippen LogP contribution in [0.5, 0.6) is 0 Å². The number of nitrogens with zero attached hydrogens (tertiary/aromatic N) is 3. The van der Waals surface area contributed by atoms with E-state index in [4.69, 9.17) is 0 Å². The molecule has 0 fully saturated rings. The maximum Gasteiger partial charge on any atom is 0.113 e. The minimum Gasteiger partial charge on any atom is -0.310 e. The van der Waals surface area contributed by atoms with Gasteiger partial charge in [-0.05, 0) is 35.9 Å². The number of benzene rings is 2. The molecule has 0 amide bonds. The molecule has 4 nitrogen and oxygen atoms in total. The molecular formula is C16H17BrN4. The fourth-order valence-corrected chi connectivity index (χ4v) is 2.67. The zero-order valence-corrected chi connectivity index (χ0v) is 13.6. The summed E-state index contributed by atoms with van der Waals surface area (Å²) < 4.78 is 2.97. The Morgan fingerprint density at radius 3 is 2.81 bits per heavy atom. The van der Waals surface area contributed by atoms with Gasteiger partial charge in [0.2, 0.25) is 0 Å². The van der Waals surface area contributed by atoms with Crippen molar-refractivity contribution >= 4 is 27.0 Å². The van der Waals surface area contributed by atoms with Crippen molar-refractivity contribution < 1.29 is 0 Å². The van der Waals surface area contributed by atoms with E-state index in [2.05, 4.69) is 57.5 Å². The minimum atomic E-state index is 0.435. The summed E-state index contributed by atoms with van der Waals surface area (Å²) in [7, 11) is 0. The Bertz CT molecular complexity index is 764. The number of nitrogens with one attached hydrogen (secondary N) is 1. The van der Waals surface area contributed by atoms with Crippen LogP contribution in [0.4, 0.5) is 0 Å². The fourth-order valence-electron chi connectivity index (χ4n) is 2.26. The molecule has 3 aromatic rings. The van der Waals surface area contributed by atoms with Crippen LogP contribution in [0.3, 0.4) is 0 Å². The summed E-state index contributed by atoms with van der Waals surface area (Å²) in [5.74, 6) is 0. The topological polar surface area (TPSA) is 42.7 Å². The summed E-state index contributed by atoms with van der Waals surface area (Å²) >= 11 is 3.54. The van der Waals surface area contributed by atoms with E-state index in [0.717, 1.165) is 27.7 Å². The van der Waals surface area contributed by atoms with Gasteiger partial charge in [0.25, 0.3) is 0 Å². The Morgan fingerprint density at radius 1 is 1.19 bits per heavy atom. The Kier molecular flexibility index (Phi) is 4.03. The smallest absolute Gasteiger partial charge is 0.113 e. The molecule has 2 aromatic carbocycles. The first-order valence-electron chi connectivity index (χ1n) is 6.98. The van der Waals surface area contributed by atoms with Gasteiger partial charge in [0.05, 0.1) is 11.2 Å². The van der Waals surface area contributed by atoms with Crippen LogP contribution in [0.1, 0.15) is 19.4 Å². The summed E-state index contributed by atoms with van der Waals surface area (Å²) in [6.07, 6.45) is 0. The first kappa shape index (κ1) is 14.2. The Morgan fingerprint density at radius 2 is 2.00 bits per heavy atom. The number of rotatable bonds is 4. The van der Waals surface area contributed by atoms with Gasteiger partial charge in [-0.15, -0.1) is 5.10 Å². The van der Waals surface area contributed by atoms with Gasteiger partial charge in [-0.1, -0.05) is 47.1 Å². The first-order chi connectivity index (χ1) is 10.1. The molecule has 0 aliphatic rings. The average molecular weight is 345 g/mol. The van der Waals surface area contributed by atoms with Crippen LogP contribution in [-0.2, 0) is 6.54 Å². The fraction of sp³-hybridized carbons (Fsp3) is 0.250. The van der Waals surface area contributed by atoms with Gasteiger partial charge in [0, 0.05) is 17.1 Å². The molecule has 0 aliphatic heterocycles. The molecule has 1 N–H and O–H groups in total. The van der Waals surface area contributed by atoms with Crippen molar-refractivity contribution in [3.8, 4) is 5.69 Å². The van der Waals surface area contributed by atoms with Crippen molar-refractivity contribution in [2.75, 3.05) is 0 Å². The lowest BCUT2D eigenvalue weighted by atomic mass is 10.1. The van der Waals surface area contributed by atoms with E-state index in [-0.39, 0.29) is 0 Å². The molecule has 21 heavy (non-hydrogen) atoms. The second kappa shape index (κ2) is 5.95. The van der Waals surface area contributed by atoms with Gasteiger partial charge >= 0.3 is 0 Å². The third-order valence-electron chi connectivity index (χ3n) is 3.32. The maximum absolute atomic E-state index is 4.31. The summed E-state index contributed by atoms with van der Waals surface area (Å²) in [4.78, 5) is 0. The monoisotopic (exact) mass is 344 g/mol. The molecule has 0 saturated carbocycles. The molecule has 108 valence electrons. The Hall–Kier alpha value is -1.72. The van der Waals surface area contributed by atoms with Crippen LogP contribution in [0.25, 0.3) is 16.7 Å². The highest BCUT2D eigenvalue weighted by molar-refractivity contribution is 9.10. The quantitative estimate of drug-likeness (QED) is 0.784. The molecule has 5 heteroatoms. The molecule has 0 radical (unpaired) electrons. The van der Waals surface area contributed by atoms with E-state index in [9.17, 15) is 0 Å². The number of hydrogen-bond donors (Lipinski definition) is 1. The van der Waals surface area contributed by atoms with E-state index in [1.165, 1.54) is 5.56 Å². The molecule has 0 saturated heterocycles. The van der Waals surface area contributed by atoms with Crippen molar-refractivity contribution in [1.82, 2.24) is 20.3 Å². The Balaban J connectivity index is 2.09. The van der Waals surface area contributed by atoms with Crippen LogP contribution in [0.15, 0.2) is 46.9 Å². The van der Waals surface area contributed by atoms with Gasteiger partial charge < -0.3 is 5.32 Å². The van der Waals surface area contributed by atoms with Gasteiger partial charge in [0.15, 0.2) is 0 Å². The average Bonchev–Trinajstić information content (AvgIpc) is 2.89. The lowest BCUT2D eigenvalue weighted by molar-refractivity contribution is 0.586. The van der Waals surface area contributed by atoms with E-state index < -0.39 is 0 Å². The molecule has 1 heterocycles. The van der Waals surface area contributed by atoms with Crippen LogP contribution in [0.2, 0.25) is 0 Å². The summed E-state index contributed by atoms with van der Waals surface area (Å²) in [5, 5.41) is 12.0. The molecule has 0 atom stereocenters. The first-order valence-corrected chi connectivity index (χ1v) is 7.77. The maximum atomic E-state index is 4.31. The van der Waals surface area contributed by atoms with Gasteiger partial charge in [-0.25, -0.2) is 4.68 Å². The second-order valence-corrected chi connectivity index (χ2v) is 6.21. The summed E-state index contributed by atoms with van der Waals surface area (Å²) in [6.45, 7) is 5.08. The van der Waals surface area contributed by atoms with Gasteiger partial charge in [0.1, 0.15) is 5.52 Å². The largest absolute Gasteiger partial charge is 0.310 e. The predicted octanol–water partition coefficient (Wildman–Crippen LogP) is 3.68. The van der Waals surface area contributed by atoms with E-state index in [0.29, 0.717) is 6.04 Å². The van der Waals surface area contributed by atoms with E-state index >= 15 is 0 Å². The molecule has 0 aliphatic carbocycles. The molecular weight excluding hydrogens is 328 g/mol. The van der Waals surface area contributed by atoms with Gasteiger partial charge in [-0.3, -0.25) is 0 Å². The Labute approximate surface area is 132 Å². The lowest BCUT2D eigenvalue weighted by Gasteiger charge is -2.13. The summed E-state index contributed by atoms with van der Waals surface area (Å²) in [5.41, 5.74) is 4.17. The van der Waals surface area contributed by atoms with Crippen molar-refractivity contribution in [1.29, 1.82) is 0 Å². The van der Waals surface area contributed by atoms with Crippen molar-refractivity contribution in [2.45, 2.75) is 26.4 Å². The molecule has 0 unspecified atom stereocenters. The van der Waals surface area contributed by atoms with Crippen molar-refractivity contribution in [3.05, 3.63) is 52.5 Å². The minimum absolute atomic E-state index is 0.435. The number of hydrogen-bond acceptors (Lipinski definition) is 3. The standard InChI is InChI=1S/C16H17BrN4/c1-11(2)18-10-12-9-13(17)7-8-15(12)21-16-6-4-3-5-14(16)19-20-21/h3-9,11,18H,10H2,1-2H3. The second-order valence-electron chi connectivity index (χ2n) is 5.30. The molecule has 0 spiro atoms. The predicted molar refractivity (Wildman–Crippen MR) is 88.5 cm³/mol. The van der Waals surface area contributed by atoms with Crippen LogP contribution in [-0.4, -0.2) is 21.0 Å². The lowest BCUT2D eigenvalue weighted by Crippen LogP contribution is -2.22. The van der Waals surface area contributed by atoms with E-state index in [1.807, 2.05) is 35.0 Å². The highest BCUT2D eigenvalue weighted by Crippen LogP contribution is 2.23. The van der Waals surface area contributed by atoms with Crippen LogP contribution >= 0.6 is 15.9 Å².